The van der Waals surface area contributed by atoms with Crippen LogP contribution in [-0.2, 0) is 24.9 Å². The van der Waals surface area contributed by atoms with Crippen LogP contribution in [0.1, 0.15) is 55.4 Å². The predicted molar refractivity (Wildman–Crippen MR) is 154 cm³/mol. The highest BCUT2D eigenvalue weighted by Gasteiger charge is 2.21. The number of fused-ring (bicyclic) bond motifs is 1. The van der Waals surface area contributed by atoms with Gasteiger partial charge in [0.15, 0.2) is 0 Å². The zero-order valence-electron chi connectivity index (χ0n) is 22.9. The zero-order chi connectivity index (χ0) is 28.3. The lowest BCUT2D eigenvalue weighted by Gasteiger charge is -2.29. The number of piperidine rings is 1. The van der Waals surface area contributed by atoms with Crippen molar-refractivity contribution in [3.63, 3.8) is 0 Å². The summed E-state index contributed by atoms with van der Waals surface area (Å²) in [6.07, 6.45) is 6.83. The van der Waals surface area contributed by atoms with Crippen molar-refractivity contribution in [2.75, 3.05) is 24.5 Å². The van der Waals surface area contributed by atoms with Gasteiger partial charge in [-0.2, -0.15) is 0 Å². The Labute approximate surface area is 234 Å². The van der Waals surface area contributed by atoms with E-state index >= 15 is 0 Å². The number of aromatic nitrogens is 2. The van der Waals surface area contributed by atoms with Gasteiger partial charge < -0.3 is 14.7 Å². The number of anilines is 1. The number of aliphatic hydroxyl groups excluding tert-OH is 1. The number of esters is 1. The zero-order valence-corrected chi connectivity index (χ0v) is 23.7. The van der Waals surface area contributed by atoms with Crippen molar-refractivity contribution in [2.45, 2.75) is 58.4 Å². The normalized spacial score (nSPS) is 14.8. The molecule has 0 amide bonds. The Kier molecular flexibility index (Phi) is 8.65. The summed E-state index contributed by atoms with van der Waals surface area (Å²) in [6, 6.07) is 10.6. The van der Waals surface area contributed by atoms with Crippen LogP contribution >= 0.6 is 11.6 Å². The van der Waals surface area contributed by atoms with E-state index in [1.54, 1.807) is 35.9 Å². The van der Waals surface area contributed by atoms with Crippen LogP contribution in [0.3, 0.4) is 0 Å². The van der Waals surface area contributed by atoms with Gasteiger partial charge in [0.1, 0.15) is 11.4 Å². The van der Waals surface area contributed by atoms with Crippen molar-refractivity contribution in [2.24, 2.45) is 7.05 Å². The molecule has 0 bridgehead atoms. The molecule has 0 atom stereocenters. The van der Waals surface area contributed by atoms with Crippen molar-refractivity contribution in [1.82, 2.24) is 14.5 Å². The number of rotatable bonds is 7. The smallest absolute Gasteiger partial charge is 0.338 e. The molecule has 206 valence electrons. The number of carbonyl (C=O) groups excluding carboxylic acids is 1. The van der Waals surface area contributed by atoms with Crippen LogP contribution in [-0.4, -0.2) is 56.9 Å². The van der Waals surface area contributed by atoms with Crippen LogP contribution in [0, 0.1) is 12.3 Å². The number of carbonyl (C=O) groups is 1. The molecule has 1 saturated heterocycles. The van der Waals surface area contributed by atoms with E-state index < -0.39 is 11.6 Å². The molecule has 1 fully saturated rings. The Hall–Kier alpha value is -3.38. The summed E-state index contributed by atoms with van der Waals surface area (Å²) in [7, 11) is 1.73. The molecule has 0 saturated carbocycles. The first-order valence-corrected chi connectivity index (χ1v) is 13.4. The SMILES string of the molecule is C#CCN(Cc1cc2c(=O)n(C)c(CN3CCC(O)CC3)nc2cc1Cl)c1ccc(C(=O)OC(C)(C)C)cc1. The summed E-state index contributed by atoms with van der Waals surface area (Å²) in [6.45, 7) is 8.20. The lowest BCUT2D eigenvalue weighted by Crippen LogP contribution is -2.37. The van der Waals surface area contributed by atoms with Crippen LogP contribution < -0.4 is 10.5 Å². The quantitative estimate of drug-likeness (QED) is 0.349. The minimum atomic E-state index is -0.581. The number of ether oxygens (including phenoxy) is 1. The highest BCUT2D eigenvalue weighted by atomic mass is 35.5. The number of hydrogen-bond donors (Lipinski definition) is 1. The third-order valence-corrected chi connectivity index (χ3v) is 7.12. The number of aliphatic hydroxyl groups is 1. The van der Waals surface area contributed by atoms with E-state index in [1.165, 1.54) is 0 Å². The fraction of sp³-hybridized carbons (Fsp3) is 0.433. The molecule has 0 spiro atoms. The van der Waals surface area contributed by atoms with Gasteiger partial charge in [-0.3, -0.25) is 14.3 Å². The Morgan fingerprint density at radius 2 is 1.90 bits per heavy atom. The monoisotopic (exact) mass is 550 g/mol. The summed E-state index contributed by atoms with van der Waals surface area (Å²) < 4.78 is 7.03. The summed E-state index contributed by atoms with van der Waals surface area (Å²) in [5.74, 6) is 2.94. The number of nitrogens with zero attached hydrogens (tertiary/aromatic N) is 4. The maximum Gasteiger partial charge on any atom is 0.338 e. The molecular weight excluding hydrogens is 516 g/mol. The molecule has 1 aliphatic rings. The molecule has 1 N–H and O–H groups in total. The molecule has 8 nitrogen and oxygen atoms in total. The molecule has 1 aliphatic heterocycles. The molecule has 1 aromatic heterocycles. The number of benzene rings is 2. The van der Waals surface area contributed by atoms with Crippen LogP contribution in [0.15, 0.2) is 41.2 Å². The van der Waals surface area contributed by atoms with Gasteiger partial charge in [0.05, 0.1) is 35.7 Å². The van der Waals surface area contributed by atoms with E-state index in [1.807, 2.05) is 37.8 Å². The minimum absolute atomic E-state index is 0.143. The molecule has 3 aromatic rings. The number of likely N-dealkylation sites (tertiary alicyclic amines) is 1. The number of hydrogen-bond acceptors (Lipinski definition) is 7. The van der Waals surface area contributed by atoms with E-state index in [4.69, 9.17) is 27.7 Å². The minimum Gasteiger partial charge on any atom is -0.456 e. The van der Waals surface area contributed by atoms with Gasteiger partial charge in [0, 0.05) is 37.4 Å². The van der Waals surface area contributed by atoms with Crippen molar-refractivity contribution in [3.05, 3.63) is 68.7 Å². The second kappa shape index (κ2) is 11.8. The van der Waals surface area contributed by atoms with E-state index in [0.29, 0.717) is 59.8 Å². The predicted octanol–water partition coefficient (Wildman–Crippen LogP) is 4.14. The topological polar surface area (TPSA) is 87.9 Å². The Morgan fingerprint density at radius 3 is 2.51 bits per heavy atom. The van der Waals surface area contributed by atoms with Crippen LogP contribution in [0.5, 0.6) is 0 Å². The average molecular weight is 551 g/mol. The first kappa shape index (κ1) is 28.6. The molecule has 0 aliphatic carbocycles. The number of halogens is 1. The first-order chi connectivity index (χ1) is 18.4. The molecule has 9 heteroatoms. The molecular formula is C30H35ClN4O4. The van der Waals surface area contributed by atoms with Crippen molar-refractivity contribution in [1.29, 1.82) is 0 Å². The molecule has 0 radical (unpaired) electrons. The van der Waals surface area contributed by atoms with Crippen molar-refractivity contribution in [3.8, 4) is 12.3 Å². The largest absolute Gasteiger partial charge is 0.456 e. The summed E-state index contributed by atoms with van der Waals surface area (Å²) >= 11 is 6.69. The summed E-state index contributed by atoms with van der Waals surface area (Å²) in [5.41, 5.74) is 1.82. The van der Waals surface area contributed by atoms with Gasteiger partial charge in [-0.25, -0.2) is 9.78 Å². The second-order valence-corrected chi connectivity index (χ2v) is 11.4. The molecule has 2 heterocycles. The Balaban J connectivity index is 1.58. The lowest BCUT2D eigenvalue weighted by molar-refractivity contribution is 0.00695. The summed E-state index contributed by atoms with van der Waals surface area (Å²) in [5, 5.41) is 10.8. The lowest BCUT2D eigenvalue weighted by atomic mass is 10.1. The van der Waals surface area contributed by atoms with Gasteiger partial charge in [0.25, 0.3) is 5.56 Å². The molecule has 0 unspecified atom stereocenters. The van der Waals surface area contributed by atoms with E-state index in [-0.39, 0.29) is 11.7 Å². The van der Waals surface area contributed by atoms with Crippen molar-refractivity contribution >= 4 is 34.2 Å². The standard InChI is InChI=1S/C30H35ClN4O4/c1-6-13-35(22-9-7-20(8-10-22)29(38)39-30(2,3)4)18-21-16-24-26(17-25(21)31)32-27(33(5)28(24)37)19-34-14-11-23(36)12-15-34/h1,7-10,16-17,23,36H,11-15,18-19H2,2-5H3. The maximum absolute atomic E-state index is 13.3. The maximum atomic E-state index is 13.3. The number of terminal acetylenes is 1. The second-order valence-electron chi connectivity index (χ2n) is 11.0. The average Bonchev–Trinajstić information content (AvgIpc) is 2.88. The van der Waals surface area contributed by atoms with Gasteiger partial charge >= 0.3 is 5.97 Å². The van der Waals surface area contributed by atoms with E-state index in [0.717, 1.165) is 24.3 Å². The Morgan fingerprint density at radius 1 is 1.23 bits per heavy atom. The molecule has 39 heavy (non-hydrogen) atoms. The van der Waals surface area contributed by atoms with Gasteiger partial charge in [-0.15, -0.1) is 6.42 Å². The van der Waals surface area contributed by atoms with Gasteiger partial charge in [-0.05, 0) is 75.6 Å². The van der Waals surface area contributed by atoms with Gasteiger partial charge in [0.2, 0.25) is 0 Å². The third kappa shape index (κ3) is 6.99. The molecule has 4 rings (SSSR count). The fourth-order valence-corrected chi connectivity index (χ4v) is 4.84. The van der Waals surface area contributed by atoms with Gasteiger partial charge in [-0.1, -0.05) is 17.5 Å². The third-order valence-electron chi connectivity index (χ3n) is 6.77. The Bertz CT molecular complexity index is 1450. The fourth-order valence-electron chi connectivity index (χ4n) is 4.62. The summed E-state index contributed by atoms with van der Waals surface area (Å²) in [4.78, 5) is 34.6. The van der Waals surface area contributed by atoms with E-state index in [2.05, 4.69) is 10.8 Å². The van der Waals surface area contributed by atoms with Crippen molar-refractivity contribution < 1.29 is 14.6 Å². The van der Waals surface area contributed by atoms with Crippen LogP contribution in [0.2, 0.25) is 5.02 Å². The van der Waals surface area contributed by atoms with Crippen LogP contribution in [0.25, 0.3) is 10.9 Å². The molecule has 2 aromatic carbocycles. The first-order valence-electron chi connectivity index (χ1n) is 13.1. The highest BCUT2D eigenvalue weighted by molar-refractivity contribution is 6.32. The highest BCUT2D eigenvalue weighted by Crippen LogP contribution is 2.26. The van der Waals surface area contributed by atoms with Crippen LogP contribution in [0.4, 0.5) is 5.69 Å². The van der Waals surface area contributed by atoms with E-state index in [9.17, 15) is 14.7 Å².